The van der Waals surface area contributed by atoms with Crippen molar-refractivity contribution in [1.29, 1.82) is 0 Å². The van der Waals surface area contributed by atoms with E-state index in [-0.39, 0.29) is 0 Å². The number of aromatic nitrogens is 2. The Morgan fingerprint density at radius 2 is 1.75 bits per heavy atom. The Kier molecular flexibility index (Phi) is 5.13. The summed E-state index contributed by atoms with van der Waals surface area (Å²) in [5.41, 5.74) is 1.10. The third kappa shape index (κ3) is 3.37. The molecule has 1 aliphatic rings. The molecule has 0 atom stereocenters. The summed E-state index contributed by atoms with van der Waals surface area (Å²) in [6.45, 7) is 5.01. The van der Waals surface area contributed by atoms with Crippen LogP contribution in [0.1, 0.15) is 43.5 Å². The molecule has 0 aromatic carbocycles. The van der Waals surface area contributed by atoms with Gasteiger partial charge in [-0.1, -0.05) is 19.3 Å². The van der Waals surface area contributed by atoms with Crippen molar-refractivity contribution in [3.8, 4) is 0 Å². The standard InChI is InChI=1S/C15H26N4S/c1-11-13(16-3)18-12(2)19-14(11)17-10-15(20-4)8-6-5-7-9-15/h5-10H2,1-4H3,(H2,16,17,18,19). The Balaban J connectivity index is 2.11. The molecule has 1 aromatic heterocycles. The van der Waals surface area contributed by atoms with Crippen LogP contribution in [0.4, 0.5) is 11.6 Å². The summed E-state index contributed by atoms with van der Waals surface area (Å²) in [6, 6.07) is 0. The third-order valence-electron chi connectivity index (χ3n) is 4.27. The van der Waals surface area contributed by atoms with Gasteiger partial charge in [0.15, 0.2) is 0 Å². The first-order chi connectivity index (χ1) is 9.60. The second kappa shape index (κ2) is 6.66. The molecule has 0 unspecified atom stereocenters. The van der Waals surface area contributed by atoms with Gasteiger partial charge < -0.3 is 10.6 Å². The normalized spacial score (nSPS) is 17.8. The fourth-order valence-electron chi connectivity index (χ4n) is 2.94. The van der Waals surface area contributed by atoms with Crippen LogP contribution in [-0.4, -0.2) is 34.6 Å². The lowest BCUT2D eigenvalue weighted by Crippen LogP contribution is -2.36. The monoisotopic (exact) mass is 294 g/mol. The van der Waals surface area contributed by atoms with Crippen molar-refractivity contribution in [3.05, 3.63) is 11.4 Å². The molecule has 0 radical (unpaired) electrons. The Morgan fingerprint density at radius 1 is 1.10 bits per heavy atom. The van der Waals surface area contributed by atoms with Crippen LogP contribution >= 0.6 is 11.8 Å². The zero-order valence-corrected chi connectivity index (χ0v) is 13.9. The fraction of sp³-hybridized carbons (Fsp3) is 0.733. The van der Waals surface area contributed by atoms with Crippen LogP contribution in [0.3, 0.4) is 0 Å². The summed E-state index contributed by atoms with van der Waals surface area (Å²) >= 11 is 2.01. The summed E-state index contributed by atoms with van der Waals surface area (Å²) in [4.78, 5) is 8.98. The van der Waals surface area contributed by atoms with Crippen LogP contribution in [0, 0.1) is 13.8 Å². The van der Waals surface area contributed by atoms with Crippen molar-refractivity contribution in [2.75, 3.05) is 30.5 Å². The second-order valence-corrected chi connectivity index (χ2v) is 6.92. The number of rotatable bonds is 5. The molecule has 0 bridgehead atoms. The first-order valence-electron chi connectivity index (χ1n) is 7.42. The SMILES string of the molecule is CNc1nc(C)nc(NCC2(SC)CCCCC2)c1C. The minimum atomic E-state index is 0.378. The molecule has 1 heterocycles. The molecule has 2 rings (SSSR count). The Labute approximate surface area is 126 Å². The van der Waals surface area contributed by atoms with Gasteiger partial charge in [-0.3, -0.25) is 0 Å². The van der Waals surface area contributed by atoms with E-state index < -0.39 is 0 Å². The molecule has 20 heavy (non-hydrogen) atoms. The van der Waals surface area contributed by atoms with Crippen LogP contribution in [0.25, 0.3) is 0 Å². The van der Waals surface area contributed by atoms with Crippen LogP contribution in [0.15, 0.2) is 0 Å². The van der Waals surface area contributed by atoms with Crippen LogP contribution in [0.2, 0.25) is 0 Å². The molecule has 0 amide bonds. The predicted octanol–water partition coefficient (Wildman–Crippen LogP) is 3.61. The highest BCUT2D eigenvalue weighted by Crippen LogP contribution is 2.38. The average molecular weight is 294 g/mol. The summed E-state index contributed by atoms with van der Waals surface area (Å²) in [6.07, 6.45) is 8.95. The fourth-order valence-corrected chi connectivity index (χ4v) is 3.85. The smallest absolute Gasteiger partial charge is 0.134 e. The van der Waals surface area contributed by atoms with E-state index in [0.29, 0.717) is 4.75 Å². The molecule has 1 aromatic rings. The molecular weight excluding hydrogens is 268 g/mol. The zero-order chi connectivity index (χ0) is 14.6. The van der Waals surface area contributed by atoms with Gasteiger partial charge in [0.1, 0.15) is 17.5 Å². The van der Waals surface area contributed by atoms with E-state index in [4.69, 9.17) is 0 Å². The van der Waals surface area contributed by atoms with E-state index >= 15 is 0 Å². The molecule has 1 aliphatic carbocycles. The summed E-state index contributed by atoms with van der Waals surface area (Å²) in [5, 5.41) is 6.72. The summed E-state index contributed by atoms with van der Waals surface area (Å²) in [7, 11) is 1.91. The summed E-state index contributed by atoms with van der Waals surface area (Å²) < 4.78 is 0.378. The highest BCUT2D eigenvalue weighted by molar-refractivity contribution is 8.00. The van der Waals surface area contributed by atoms with Crippen molar-refractivity contribution >= 4 is 23.4 Å². The minimum absolute atomic E-state index is 0.378. The van der Waals surface area contributed by atoms with Crippen LogP contribution < -0.4 is 10.6 Å². The Bertz CT molecular complexity index is 455. The number of hydrogen-bond acceptors (Lipinski definition) is 5. The first kappa shape index (κ1) is 15.4. The van der Waals surface area contributed by atoms with Crippen molar-refractivity contribution in [1.82, 2.24) is 9.97 Å². The number of aryl methyl sites for hydroxylation is 1. The number of nitrogens with one attached hydrogen (secondary N) is 2. The number of nitrogens with zero attached hydrogens (tertiary/aromatic N) is 2. The van der Waals surface area contributed by atoms with Crippen LogP contribution in [-0.2, 0) is 0 Å². The number of thioether (sulfide) groups is 1. The summed E-state index contributed by atoms with van der Waals surface area (Å²) in [5.74, 6) is 2.70. The Hall–Kier alpha value is -0.970. The first-order valence-corrected chi connectivity index (χ1v) is 8.65. The van der Waals surface area contributed by atoms with Gasteiger partial charge in [-0.15, -0.1) is 0 Å². The molecule has 5 heteroatoms. The van der Waals surface area contributed by atoms with E-state index in [1.165, 1.54) is 32.1 Å². The van der Waals surface area contributed by atoms with E-state index in [9.17, 15) is 0 Å². The number of hydrogen-bond donors (Lipinski definition) is 2. The lowest BCUT2D eigenvalue weighted by atomic mass is 9.88. The van der Waals surface area contributed by atoms with Crippen LogP contribution in [0.5, 0.6) is 0 Å². The molecule has 0 aliphatic heterocycles. The topological polar surface area (TPSA) is 49.8 Å². The molecule has 1 fully saturated rings. The molecule has 1 saturated carbocycles. The molecule has 0 spiro atoms. The predicted molar refractivity (Wildman–Crippen MR) is 88.9 cm³/mol. The van der Waals surface area contributed by atoms with E-state index in [0.717, 1.165) is 29.6 Å². The third-order valence-corrected chi connectivity index (χ3v) is 5.69. The van der Waals surface area contributed by atoms with E-state index in [2.05, 4.69) is 33.8 Å². The quantitative estimate of drug-likeness (QED) is 0.869. The van der Waals surface area contributed by atoms with Gasteiger partial charge in [-0.25, -0.2) is 9.97 Å². The van der Waals surface area contributed by atoms with Gasteiger partial charge in [0, 0.05) is 23.9 Å². The van der Waals surface area contributed by atoms with Gasteiger partial charge in [-0.05, 0) is 32.9 Å². The van der Waals surface area contributed by atoms with Crippen molar-refractivity contribution in [2.45, 2.75) is 50.7 Å². The number of anilines is 2. The Morgan fingerprint density at radius 3 is 2.35 bits per heavy atom. The molecule has 4 nitrogen and oxygen atoms in total. The van der Waals surface area contributed by atoms with Gasteiger partial charge >= 0.3 is 0 Å². The van der Waals surface area contributed by atoms with Crippen molar-refractivity contribution in [2.24, 2.45) is 0 Å². The lowest BCUT2D eigenvalue weighted by molar-refractivity contribution is 0.411. The second-order valence-electron chi connectivity index (χ2n) is 5.64. The molecular formula is C15H26N4S. The van der Waals surface area contributed by atoms with E-state index in [1.54, 1.807) is 0 Å². The lowest BCUT2D eigenvalue weighted by Gasteiger charge is -2.36. The van der Waals surface area contributed by atoms with Crippen molar-refractivity contribution < 1.29 is 0 Å². The maximum absolute atomic E-state index is 4.56. The molecule has 2 N–H and O–H groups in total. The van der Waals surface area contributed by atoms with Gasteiger partial charge in [-0.2, -0.15) is 11.8 Å². The maximum Gasteiger partial charge on any atom is 0.134 e. The highest BCUT2D eigenvalue weighted by atomic mass is 32.2. The highest BCUT2D eigenvalue weighted by Gasteiger charge is 2.31. The molecule has 0 saturated heterocycles. The van der Waals surface area contributed by atoms with Gasteiger partial charge in [0.2, 0.25) is 0 Å². The average Bonchev–Trinajstić information content (AvgIpc) is 2.48. The molecule has 112 valence electrons. The van der Waals surface area contributed by atoms with Gasteiger partial charge in [0.05, 0.1) is 0 Å². The minimum Gasteiger partial charge on any atom is -0.373 e. The van der Waals surface area contributed by atoms with Crippen molar-refractivity contribution in [3.63, 3.8) is 0 Å². The zero-order valence-electron chi connectivity index (χ0n) is 13.0. The van der Waals surface area contributed by atoms with E-state index in [1.807, 2.05) is 25.7 Å². The maximum atomic E-state index is 4.56. The van der Waals surface area contributed by atoms with Gasteiger partial charge in [0.25, 0.3) is 0 Å². The largest absolute Gasteiger partial charge is 0.373 e.